The predicted octanol–water partition coefficient (Wildman–Crippen LogP) is 5.31. The van der Waals surface area contributed by atoms with Crippen LogP contribution in [-0.4, -0.2) is 41.1 Å². The first-order valence-electron chi connectivity index (χ1n) is 11.1. The van der Waals surface area contributed by atoms with Gasteiger partial charge in [-0.15, -0.1) is 11.3 Å². The molecule has 0 aliphatic heterocycles. The lowest BCUT2D eigenvalue weighted by molar-refractivity contribution is 0.0447. The highest BCUT2D eigenvalue weighted by Crippen LogP contribution is 2.29. The Balaban J connectivity index is 1.67. The Morgan fingerprint density at radius 3 is 2.40 bits per heavy atom. The maximum absolute atomic E-state index is 13.2. The van der Waals surface area contributed by atoms with Crippen LogP contribution in [0.25, 0.3) is 21.5 Å². The number of hydrogen-bond acceptors (Lipinski definition) is 8. The lowest BCUT2D eigenvalue weighted by atomic mass is 10.1. The number of carbonyl (C=O) groups excluding carboxylic acids is 3. The highest BCUT2D eigenvalue weighted by Gasteiger charge is 2.26. The highest BCUT2D eigenvalue weighted by atomic mass is 32.1. The number of hydrogen-bond donors (Lipinski definition) is 1. The summed E-state index contributed by atoms with van der Waals surface area (Å²) in [4.78, 5) is 46.7. The molecule has 0 amide bonds. The molecule has 0 atom stereocenters. The molecule has 35 heavy (non-hydrogen) atoms. The largest absolute Gasteiger partial charge is 0.462 e. The quantitative estimate of drug-likeness (QED) is 0.262. The molecule has 1 N–H and O–H groups in total. The second-order valence-corrected chi connectivity index (χ2v) is 8.49. The number of ether oxygens (including phenoxy) is 3. The minimum Gasteiger partial charge on any atom is -0.462 e. The van der Waals surface area contributed by atoms with Gasteiger partial charge in [0.05, 0.1) is 46.1 Å². The first-order valence-corrected chi connectivity index (χ1v) is 12.0. The van der Waals surface area contributed by atoms with Crippen LogP contribution in [0.4, 0.5) is 0 Å². The second kappa shape index (κ2) is 10.5. The standard InChI is InChI=1S/C26H24N2O6S/c1-4-32-25(30)22-15(3)23(26(31)33-5-2)28-20(22)14-34-24(29)17-13-19(21-11-8-12-35-21)27-18-10-7-6-9-16(17)18/h6-13,28H,4-5,14H2,1-3H3. The zero-order valence-electron chi connectivity index (χ0n) is 19.5. The van der Waals surface area contributed by atoms with Crippen LogP contribution in [-0.2, 0) is 20.8 Å². The van der Waals surface area contributed by atoms with E-state index in [1.165, 1.54) is 11.3 Å². The fourth-order valence-corrected chi connectivity index (χ4v) is 4.45. The van der Waals surface area contributed by atoms with Crippen molar-refractivity contribution in [3.05, 3.63) is 75.9 Å². The summed E-state index contributed by atoms with van der Waals surface area (Å²) in [5.74, 6) is -1.80. The molecule has 0 bridgehead atoms. The number of aromatic amines is 1. The summed E-state index contributed by atoms with van der Waals surface area (Å²) in [6, 6.07) is 12.9. The van der Waals surface area contributed by atoms with Gasteiger partial charge < -0.3 is 19.2 Å². The third-order valence-corrected chi connectivity index (χ3v) is 6.24. The number of para-hydroxylation sites is 1. The predicted molar refractivity (Wildman–Crippen MR) is 132 cm³/mol. The summed E-state index contributed by atoms with van der Waals surface area (Å²) in [6.07, 6.45) is 0. The van der Waals surface area contributed by atoms with E-state index in [-0.39, 0.29) is 36.8 Å². The molecule has 4 rings (SSSR count). The number of H-pyrrole nitrogens is 1. The maximum Gasteiger partial charge on any atom is 0.355 e. The number of fused-ring (bicyclic) bond motifs is 1. The summed E-state index contributed by atoms with van der Waals surface area (Å²) in [7, 11) is 0. The molecule has 8 nitrogen and oxygen atoms in total. The van der Waals surface area contributed by atoms with Crippen LogP contribution in [0.1, 0.15) is 56.3 Å². The first-order chi connectivity index (χ1) is 16.9. The fraction of sp³-hybridized carbons (Fsp3) is 0.231. The van der Waals surface area contributed by atoms with Crippen molar-refractivity contribution in [1.29, 1.82) is 0 Å². The Labute approximate surface area is 205 Å². The Bertz CT molecular complexity index is 1390. The third-order valence-electron chi connectivity index (χ3n) is 5.34. The Morgan fingerprint density at radius 2 is 1.69 bits per heavy atom. The molecular weight excluding hydrogens is 468 g/mol. The van der Waals surface area contributed by atoms with E-state index < -0.39 is 17.9 Å². The van der Waals surface area contributed by atoms with Crippen molar-refractivity contribution in [1.82, 2.24) is 9.97 Å². The van der Waals surface area contributed by atoms with Crippen molar-refractivity contribution in [2.45, 2.75) is 27.4 Å². The molecule has 0 saturated heterocycles. The van der Waals surface area contributed by atoms with Crippen molar-refractivity contribution in [2.75, 3.05) is 13.2 Å². The summed E-state index contributed by atoms with van der Waals surface area (Å²) in [6.45, 7) is 5.06. The average Bonchev–Trinajstić information content (AvgIpc) is 3.50. The molecule has 3 aromatic heterocycles. The van der Waals surface area contributed by atoms with E-state index in [1.807, 2.05) is 35.7 Å². The lowest BCUT2D eigenvalue weighted by Crippen LogP contribution is -2.12. The van der Waals surface area contributed by atoms with Gasteiger partial charge in [-0.05, 0) is 49.9 Å². The summed E-state index contributed by atoms with van der Waals surface area (Å²) < 4.78 is 15.8. The van der Waals surface area contributed by atoms with Gasteiger partial charge in [0.1, 0.15) is 12.3 Å². The van der Waals surface area contributed by atoms with Gasteiger partial charge >= 0.3 is 17.9 Å². The molecule has 1 aromatic carbocycles. The molecular formula is C26H24N2O6S. The van der Waals surface area contributed by atoms with Gasteiger partial charge in [0.15, 0.2) is 0 Å². The molecule has 0 spiro atoms. The van der Waals surface area contributed by atoms with E-state index in [0.29, 0.717) is 27.7 Å². The number of esters is 3. The van der Waals surface area contributed by atoms with E-state index in [1.54, 1.807) is 32.9 Å². The van der Waals surface area contributed by atoms with Crippen LogP contribution in [0, 0.1) is 6.92 Å². The van der Waals surface area contributed by atoms with E-state index in [9.17, 15) is 14.4 Å². The highest BCUT2D eigenvalue weighted by molar-refractivity contribution is 7.13. The number of aromatic nitrogens is 2. The Kier molecular flexibility index (Phi) is 7.26. The summed E-state index contributed by atoms with van der Waals surface area (Å²) in [5.41, 5.74) is 2.59. The summed E-state index contributed by atoms with van der Waals surface area (Å²) in [5, 5.41) is 2.59. The normalized spacial score (nSPS) is 10.8. The van der Waals surface area contributed by atoms with Crippen molar-refractivity contribution < 1.29 is 28.6 Å². The SMILES string of the molecule is CCOC(=O)c1[nH]c(COC(=O)c2cc(-c3cccs3)nc3ccccc23)c(C(=O)OCC)c1C. The number of benzene rings is 1. The molecule has 0 unspecified atom stereocenters. The minimum absolute atomic E-state index is 0.121. The van der Waals surface area contributed by atoms with E-state index >= 15 is 0 Å². The summed E-state index contributed by atoms with van der Waals surface area (Å²) >= 11 is 1.52. The smallest absolute Gasteiger partial charge is 0.355 e. The van der Waals surface area contributed by atoms with Gasteiger partial charge in [-0.3, -0.25) is 0 Å². The number of carbonyl (C=O) groups is 3. The van der Waals surface area contributed by atoms with Gasteiger partial charge in [-0.1, -0.05) is 24.3 Å². The molecule has 9 heteroatoms. The van der Waals surface area contributed by atoms with Crippen LogP contribution in [0.2, 0.25) is 0 Å². The molecule has 0 saturated carbocycles. The van der Waals surface area contributed by atoms with Crippen molar-refractivity contribution >= 4 is 40.1 Å². The van der Waals surface area contributed by atoms with Gasteiger partial charge in [-0.2, -0.15) is 0 Å². The van der Waals surface area contributed by atoms with Gasteiger partial charge in [0.25, 0.3) is 0 Å². The zero-order chi connectivity index (χ0) is 24.9. The maximum atomic E-state index is 13.2. The number of nitrogens with zero attached hydrogens (tertiary/aromatic N) is 1. The lowest BCUT2D eigenvalue weighted by Gasteiger charge is -2.10. The van der Waals surface area contributed by atoms with Gasteiger partial charge in [-0.25, -0.2) is 19.4 Å². The van der Waals surface area contributed by atoms with Crippen LogP contribution in [0.3, 0.4) is 0 Å². The Morgan fingerprint density at radius 1 is 0.943 bits per heavy atom. The monoisotopic (exact) mass is 492 g/mol. The van der Waals surface area contributed by atoms with Crippen LogP contribution in [0.5, 0.6) is 0 Å². The molecule has 0 radical (unpaired) electrons. The van der Waals surface area contributed by atoms with Crippen LogP contribution in [0.15, 0.2) is 47.8 Å². The fourth-order valence-electron chi connectivity index (χ4n) is 3.76. The first kappa shape index (κ1) is 24.2. The molecule has 0 fully saturated rings. The van der Waals surface area contributed by atoms with Gasteiger partial charge in [0, 0.05) is 5.39 Å². The molecule has 180 valence electrons. The number of rotatable bonds is 8. The third kappa shape index (κ3) is 4.95. The Hall–Kier alpha value is -3.98. The van der Waals surface area contributed by atoms with Gasteiger partial charge in [0.2, 0.25) is 0 Å². The topological polar surface area (TPSA) is 108 Å². The number of pyridine rings is 1. The average molecular weight is 493 g/mol. The minimum atomic E-state index is -0.614. The van der Waals surface area contributed by atoms with E-state index in [4.69, 9.17) is 14.2 Å². The van der Waals surface area contributed by atoms with Crippen LogP contribution < -0.4 is 0 Å². The second-order valence-electron chi connectivity index (χ2n) is 7.55. The zero-order valence-corrected chi connectivity index (χ0v) is 20.4. The molecule has 0 aliphatic rings. The van der Waals surface area contributed by atoms with E-state index in [0.717, 1.165) is 4.88 Å². The number of thiophene rings is 1. The molecule has 0 aliphatic carbocycles. The van der Waals surface area contributed by atoms with Crippen molar-refractivity contribution in [3.63, 3.8) is 0 Å². The van der Waals surface area contributed by atoms with Crippen LogP contribution >= 0.6 is 11.3 Å². The number of nitrogens with one attached hydrogen (secondary N) is 1. The van der Waals surface area contributed by atoms with Crippen molar-refractivity contribution in [3.8, 4) is 10.6 Å². The van der Waals surface area contributed by atoms with Crippen molar-refractivity contribution in [2.24, 2.45) is 0 Å². The molecule has 4 aromatic rings. The van der Waals surface area contributed by atoms with E-state index in [2.05, 4.69) is 9.97 Å². The molecule has 3 heterocycles.